The van der Waals surface area contributed by atoms with Crippen LogP contribution in [0.2, 0.25) is 0 Å². The summed E-state index contributed by atoms with van der Waals surface area (Å²) in [5.41, 5.74) is 2.79. The van der Waals surface area contributed by atoms with Crippen molar-refractivity contribution in [2.75, 3.05) is 26.2 Å². The van der Waals surface area contributed by atoms with Crippen LogP contribution in [0.25, 0.3) is 17.0 Å². The number of rotatable bonds is 9. The summed E-state index contributed by atoms with van der Waals surface area (Å²) in [4.78, 5) is 14.7. The standard InChI is InChI=1S/C24H27NO3/c1-4-25(5-2)14-15-27-21-11-7-19(8-12-21)9-13-22(26)24-17-20-10-6-18(3)16-23(20)28-24/h6-13,16-17H,4-5,14-15H2,1-3H3/b13-9+. The van der Waals surface area contributed by atoms with Crippen LogP contribution in [-0.4, -0.2) is 36.9 Å². The largest absolute Gasteiger partial charge is 0.492 e. The van der Waals surface area contributed by atoms with E-state index in [0.29, 0.717) is 12.4 Å². The number of ketones is 1. The molecule has 2 aromatic carbocycles. The van der Waals surface area contributed by atoms with Gasteiger partial charge >= 0.3 is 0 Å². The third kappa shape index (κ3) is 5.11. The number of allylic oxidation sites excluding steroid dienone is 1. The molecule has 0 fully saturated rings. The van der Waals surface area contributed by atoms with E-state index in [1.54, 1.807) is 18.2 Å². The molecule has 0 saturated carbocycles. The highest BCUT2D eigenvalue weighted by molar-refractivity contribution is 6.07. The molecule has 146 valence electrons. The molecule has 1 heterocycles. The molecular formula is C24H27NO3. The zero-order chi connectivity index (χ0) is 19.9. The SMILES string of the molecule is CCN(CC)CCOc1ccc(/C=C/C(=O)c2cc3ccc(C)cc3o2)cc1. The van der Waals surface area contributed by atoms with Crippen molar-refractivity contribution >= 4 is 22.8 Å². The summed E-state index contributed by atoms with van der Waals surface area (Å²) in [6, 6.07) is 15.4. The van der Waals surface area contributed by atoms with Crippen molar-refractivity contribution in [3.8, 4) is 5.75 Å². The van der Waals surface area contributed by atoms with Gasteiger partial charge in [0.2, 0.25) is 5.78 Å². The van der Waals surface area contributed by atoms with Crippen molar-refractivity contribution in [3.05, 3.63) is 71.5 Å². The molecular weight excluding hydrogens is 350 g/mol. The van der Waals surface area contributed by atoms with Crippen LogP contribution >= 0.6 is 0 Å². The molecule has 4 heteroatoms. The number of aryl methyl sites for hydroxylation is 1. The van der Waals surface area contributed by atoms with Crippen LogP contribution in [-0.2, 0) is 0 Å². The lowest BCUT2D eigenvalue weighted by Gasteiger charge is -2.17. The van der Waals surface area contributed by atoms with Gasteiger partial charge in [-0.05, 0) is 61.5 Å². The van der Waals surface area contributed by atoms with E-state index < -0.39 is 0 Å². The Kier molecular flexibility index (Phi) is 6.66. The van der Waals surface area contributed by atoms with Crippen LogP contribution in [0.15, 0.2) is 59.0 Å². The van der Waals surface area contributed by atoms with Gasteiger partial charge in [0.1, 0.15) is 17.9 Å². The van der Waals surface area contributed by atoms with Crippen molar-refractivity contribution in [2.45, 2.75) is 20.8 Å². The Morgan fingerprint density at radius 3 is 2.54 bits per heavy atom. The molecule has 3 aromatic rings. The minimum atomic E-state index is -0.145. The molecule has 0 radical (unpaired) electrons. The smallest absolute Gasteiger partial charge is 0.221 e. The number of nitrogens with zero attached hydrogens (tertiary/aromatic N) is 1. The summed E-state index contributed by atoms with van der Waals surface area (Å²) in [5, 5.41) is 0.938. The summed E-state index contributed by atoms with van der Waals surface area (Å²) in [7, 11) is 0. The molecule has 0 aliphatic heterocycles. The second-order valence-corrected chi connectivity index (χ2v) is 6.79. The fourth-order valence-corrected chi connectivity index (χ4v) is 3.02. The molecule has 28 heavy (non-hydrogen) atoms. The maximum Gasteiger partial charge on any atom is 0.221 e. The lowest BCUT2D eigenvalue weighted by molar-refractivity contribution is 0.102. The molecule has 1 aromatic heterocycles. The maximum absolute atomic E-state index is 12.4. The monoisotopic (exact) mass is 377 g/mol. The third-order valence-electron chi connectivity index (χ3n) is 4.80. The van der Waals surface area contributed by atoms with Gasteiger partial charge in [0.15, 0.2) is 5.76 Å². The van der Waals surface area contributed by atoms with Crippen LogP contribution in [0.3, 0.4) is 0 Å². The lowest BCUT2D eigenvalue weighted by atomic mass is 10.1. The lowest BCUT2D eigenvalue weighted by Crippen LogP contribution is -2.27. The first kappa shape index (κ1) is 19.9. The van der Waals surface area contributed by atoms with Crippen molar-refractivity contribution in [1.82, 2.24) is 4.90 Å². The van der Waals surface area contributed by atoms with Gasteiger partial charge in [-0.25, -0.2) is 0 Å². The minimum absolute atomic E-state index is 0.145. The molecule has 0 N–H and O–H groups in total. The Morgan fingerprint density at radius 1 is 1.07 bits per heavy atom. The predicted octanol–water partition coefficient (Wildman–Crippen LogP) is 5.36. The summed E-state index contributed by atoms with van der Waals surface area (Å²) >= 11 is 0. The van der Waals surface area contributed by atoms with E-state index in [4.69, 9.17) is 9.15 Å². The molecule has 0 spiro atoms. The zero-order valence-electron chi connectivity index (χ0n) is 16.8. The Labute approximate surface area is 166 Å². The molecule has 0 bridgehead atoms. The van der Waals surface area contributed by atoms with Crippen molar-refractivity contribution < 1.29 is 13.9 Å². The maximum atomic E-state index is 12.4. The van der Waals surface area contributed by atoms with E-state index in [1.807, 2.05) is 49.4 Å². The van der Waals surface area contributed by atoms with Crippen LogP contribution < -0.4 is 4.74 Å². The van der Waals surface area contributed by atoms with Crippen LogP contribution in [0, 0.1) is 6.92 Å². The number of carbonyl (C=O) groups excluding carboxylic acids is 1. The number of furan rings is 1. The number of benzene rings is 2. The highest BCUT2D eigenvalue weighted by Gasteiger charge is 2.09. The van der Waals surface area contributed by atoms with E-state index >= 15 is 0 Å². The van der Waals surface area contributed by atoms with Crippen molar-refractivity contribution in [3.63, 3.8) is 0 Å². The van der Waals surface area contributed by atoms with Gasteiger partial charge in [-0.2, -0.15) is 0 Å². The van der Waals surface area contributed by atoms with Gasteiger partial charge in [-0.3, -0.25) is 4.79 Å². The second kappa shape index (κ2) is 9.38. The van der Waals surface area contributed by atoms with Crippen LogP contribution in [0.5, 0.6) is 5.75 Å². The summed E-state index contributed by atoms with van der Waals surface area (Å²) in [5.74, 6) is 1.05. The average Bonchev–Trinajstić information content (AvgIpc) is 3.13. The minimum Gasteiger partial charge on any atom is -0.492 e. The van der Waals surface area contributed by atoms with Gasteiger partial charge in [-0.15, -0.1) is 0 Å². The first-order valence-electron chi connectivity index (χ1n) is 9.77. The Morgan fingerprint density at radius 2 is 1.82 bits per heavy atom. The van der Waals surface area contributed by atoms with Crippen molar-refractivity contribution in [1.29, 1.82) is 0 Å². The molecule has 0 saturated heterocycles. The fourth-order valence-electron chi connectivity index (χ4n) is 3.02. The number of ether oxygens (including phenoxy) is 1. The fraction of sp³-hybridized carbons (Fsp3) is 0.292. The zero-order valence-corrected chi connectivity index (χ0v) is 16.8. The van der Waals surface area contributed by atoms with E-state index in [0.717, 1.165) is 47.5 Å². The number of hydrogen-bond donors (Lipinski definition) is 0. The molecule has 0 aliphatic carbocycles. The van der Waals surface area contributed by atoms with E-state index in [-0.39, 0.29) is 5.78 Å². The molecule has 3 rings (SSSR count). The first-order valence-corrected chi connectivity index (χ1v) is 9.77. The van der Waals surface area contributed by atoms with E-state index in [1.165, 1.54) is 0 Å². The van der Waals surface area contributed by atoms with E-state index in [9.17, 15) is 4.79 Å². The quantitative estimate of drug-likeness (QED) is 0.372. The third-order valence-corrected chi connectivity index (χ3v) is 4.80. The summed E-state index contributed by atoms with van der Waals surface area (Å²) in [6.45, 7) is 9.95. The number of carbonyl (C=O) groups is 1. The molecule has 0 atom stereocenters. The molecule has 0 amide bonds. The highest BCUT2D eigenvalue weighted by Crippen LogP contribution is 2.21. The van der Waals surface area contributed by atoms with Gasteiger partial charge in [0.25, 0.3) is 0 Å². The van der Waals surface area contributed by atoms with Gasteiger partial charge < -0.3 is 14.1 Å². The summed E-state index contributed by atoms with van der Waals surface area (Å²) < 4.78 is 11.5. The van der Waals surface area contributed by atoms with E-state index in [2.05, 4.69) is 18.7 Å². The molecule has 4 nitrogen and oxygen atoms in total. The Bertz CT molecular complexity index is 950. The summed E-state index contributed by atoms with van der Waals surface area (Å²) in [6.07, 6.45) is 3.33. The highest BCUT2D eigenvalue weighted by atomic mass is 16.5. The number of fused-ring (bicyclic) bond motifs is 1. The number of likely N-dealkylation sites (N-methyl/N-ethyl adjacent to an activating group) is 1. The Balaban J connectivity index is 1.58. The number of hydrogen-bond acceptors (Lipinski definition) is 4. The topological polar surface area (TPSA) is 42.7 Å². The average molecular weight is 377 g/mol. The molecule has 0 aliphatic rings. The predicted molar refractivity (Wildman–Crippen MR) is 114 cm³/mol. The first-order chi connectivity index (χ1) is 13.6. The van der Waals surface area contributed by atoms with Crippen LogP contribution in [0.4, 0.5) is 0 Å². The second-order valence-electron chi connectivity index (χ2n) is 6.79. The van der Waals surface area contributed by atoms with Crippen LogP contribution in [0.1, 0.15) is 35.5 Å². The van der Waals surface area contributed by atoms with Gasteiger partial charge in [-0.1, -0.05) is 44.2 Å². The Hall–Kier alpha value is -2.85. The van der Waals surface area contributed by atoms with Gasteiger partial charge in [0.05, 0.1) is 0 Å². The molecule has 0 unspecified atom stereocenters. The normalized spacial score (nSPS) is 11.6. The van der Waals surface area contributed by atoms with Crippen molar-refractivity contribution in [2.24, 2.45) is 0 Å². The van der Waals surface area contributed by atoms with Gasteiger partial charge in [0, 0.05) is 11.9 Å².